The Labute approximate surface area is 169 Å². The van der Waals surface area contributed by atoms with Crippen molar-refractivity contribution in [2.75, 3.05) is 7.11 Å². The van der Waals surface area contributed by atoms with Crippen LogP contribution in [0.5, 0.6) is 5.75 Å². The third-order valence-electron chi connectivity index (χ3n) is 5.24. The topological polar surface area (TPSA) is 37.0 Å². The average Bonchev–Trinajstić information content (AvgIpc) is 3.01. The maximum absolute atomic E-state index is 5.26. The highest BCUT2D eigenvalue weighted by atomic mass is 79.9. The number of methoxy groups -OCH3 is 1. The molecule has 26 heavy (non-hydrogen) atoms. The molecule has 0 spiro atoms. The molecule has 3 nitrogen and oxygen atoms in total. The number of H-pyrrole nitrogens is 1. The van der Waals surface area contributed by atoms with E-state index >= 15 is 0 Å². The number of hydrogen-bond acceptors (Lipinski definition) is 2. The van der Waals surface area contributed by atoms with Crippen molar-refractivity contribution in [3.8, 4) is 5.75 Å². The molecule has 138 valence electrons. The zero-order valence-electron chi connectivity index (χ0n) is 15.0. The fourth-order valence-electron chi connectivity index (χ4n) is 3.89. The summed E-state index contributed by atoms with van der Waals surface area (Å²) in [7, 11) is 1.70. The van der Waals surface area contributed by atoms with Gasteiger partial charge in [0.1, 0.15) is 5.75 Å². The Kier molecular flexibility index (Phi) is 5.96. The molecule has 3 aromatic rings. The van der Waals surface area contributed by atoms with E-state index in [9.17, 15) is 0 Å². The zero-order valence-corrected chi connectivity index (χ0v) is 17.4. The van der Waals surface area contributed by atoms with Crippen LogP contribution < -0.4 is 10.1 Å². The molecule has 0 bridgehead atoms. The van der Waals surface area contributed by atoms with Gasteiger partial charge in [-0.15, -0.1) is 12.4 Å². The van der Waals surface area contributed by atoms with Crippen LogP contribution in [0.3, 0.4) is 0 Å². The van der Waals surface area contributed by atoms with Crippen LogP contribution in [0.4, 0.5) is 0 Å². The monoisotopic (exact) mass is 434 g/mol. The lowest BCUT2D eigenvalue weighted by atomic mass is 9.91. The first kappa shape index (κ1) is 19.3. The summed E-state index contributed by atoms with van der Waals surface area (Å²) in [5, 5.41) is 5.18. The Hall–Kier alpha value is -1.49. The van der Waals surface area contributed by atoms with Crippen LogP contribution in [0.25, 0.3) is 10.9 Å². The molecular formula is C21H24BrClN2O. The lowest BCUT2D eigenvalue weighted by molar-refractivity contribution is 0.406. The fraction of sp³-hybridized carbons (Fsp3) is 0.333. The molecule has 0 aliphatic heterocycles. The average molecular weight is 436 g/mol. The first-order valence-electron chi connectivity index (χ1n) is 8.85. The third kappa shape index (κ3) is 3.64. The van der Waals surface area contributed by atoms with Gasteiger partial charge in [0.05, 0.1) is 7.11 Å². The Bertz CT molecular complexity index is 891. The van der Waals surface area contributed by atoms with Gasteiger partial charge in [0, 0.05) is 33.2 Å². The second-order valence-electron chi connectivity index (χ2n) is 6.81. The molecule has 0 radical (unpaired) electrons. The van der Waals surface area contributed by atoms with Crippen LogP contribution in [0.15, 0.2) is 46.9 Å². The highest BCUT2D eigenvalue weighted by Gasteiger charge is 2.25. The Balaban J connectivity index is 0.00000196. The van der Waals surface area contributed by atoms with Gasteiger partial charge in [-0.2, -0.15) is 0 Å². The quantitative estimate of drug-likeness (QED) is 0.520. The molecule has 0 saturated carbocycles. The summed E-state index contributed by atoms with van der Waals surface area (Å²) in [6.45, 7) is 2.23. The predicted octanol–water partition coefficient (Wildman–Crippen LogP) is 6.09. The summed E-state index contributed by atoms with van der Waals surface area (Å²) in [5.41, 5.74) is 5.35. The Morgan fingerprint density at radius 2 is 1.96 bits per heavy atom. The minimum Gasteiger partial charge on any atom is -0.497 e. The molecule has 5 heteroatoms. The van der Waals surface area contributed by atoms with Crippen LogP contribution in [-0.2, 0) is 6.42 Å². The van der Waals surface area contributed by atoms with Gasteiger partial charge in [0.25, 0.3) is 0 Å². The highest BCUT2D eigenvalue weighted by molar-refractivity contribution is 9.10. The van der Waals surface area contributed by atoms with E-state index in [0.717, 1.165) is 16.6 Å². The van der Waals surface area contributed by atoms with Crippen LogP contribution in [-0.4, -0.2) is 12.1 Å². The van der Waals surface area contributed by atoms with E-state index in [2.05, 4.69) is 63.5 Å². The Morgan fingerprint density at radius 3 is 2.69 bits per heavy atom. The van der Waals surface area contributed by atoms with Gasteiger partial charge in [0.15, 0.2) is 0 Å². The fourth-order valence-corrected chi connectivity index (χ4v) is 4.25. The molecule has 2 aromatic carbocycles. The molecule has 1 unspecified atom stereocenters. The van der Waals surface area contributed by atoms with Crippen molar-refractivity contribution in [2.24, 2.45) is 0 Å². The van der Waals surface area contributed by atoms with Crippen molar-refractivity contribution >= 4 is 39.2 Å². The summed E-state index contributed by atoms with van der Waals surface area (Å²) in [6.07, 6.45) is 3.54. The molecule has 0 fully saturated rings. The van der Waals surface area contributed by atoms with Crippen LogP contribution >= 0.6 is 28.3 Å². The normalized spacial score (nSPS) is 17.4. The smallest absolute Gasteiger partial charge is 0.118 e. The van der Waals surface area contributed by atoms with Crippen molar-refractivity contribution in [3.05, 3.63) is 63.8 Å². The largest absolute Gasteiger partial charge is 0.497 e. The minimum absolute atomic E-state index is 0. The number of fused-ring (bicyclic) bond motifs is 3. The summed E-state index contributed by atoms with van der Waals surface area (Å²) in [6, 6.07) is 15.5. The van der Waals surface area contributed by atoms with Gasteiger partial charge in [-0.05, 0) is 67.6 Å². The maximum atomic E-state index is 5.26. The van der Waals surface area contributed by atoms with E-state index in [1.807, 2.05) is 12.1 Å². The number of aromatic nitrogens is 1. The lowest BCUT2D eigenvalue weighted by Gasteiger charge is -2.27. The number of nitrogens with one attached hydrogen (secondary N) is 2. The van der Waals surface area contributed by atoms with Crippen molar-refractivity contribution < 1.29 is 4.74 Å². The molecule has 1 aliphatic rings. The van der Waals surface area contributed by atoms with Gasteiger partial charge in [-0.25, -0.2) is 0 Å². The van der Waals surface area contributed by atoms with E-state index in [0.29, 0.717) is 12.1 Å². The molecule has 0 saturated heterocycles. The molecule has 1 heterocycles. The summed E-state index contributed by atoms with van der Waals surface area (Å²) < 4.78 is 6.40. The number of benzene rings is 2. The SMILES string of the molecule is COc1ccc(C(C)N[C@@H]2CCCc3c2[nH]c2ccc(Br)cc32)cc1.Cl. The van der Waals surface area contributed by atoms with Crippen molar-refractivity contribution in [2.45, 2.75) is 38.3 Å². The summed E-state index contributed by atoms with van der Waals surface area (Å²) >= 11 is 3.60. The molecule has 2 atom stereocenters. The number of hydrogen-bond donors (Lipinski definition) is 2. The van der Waals surface area contributed by atoms with E-state index in [4.69, 9.17) is 4.74 Å². The molecular weight excluding hydrogens is 412 g/mol. The molecule has 0 amide bonds. The first-order valence-corrected chi connectivity index (χ1v) is 9.65. The lowest BCUT2D eigenvalue weighted by Crippen LogP contribution is -2.27. The van der Waals surface area contributed by atoms with Crippen LogP contribution in [0, 0.1) is 0 Å². The number of ether oxygens (including phenoxy) is 1. The molecule has 1 aromatic heterocycles. The molecule has 2 N–H and O–H groups in total. The second-order valence-corrected chi connectivity index (χ2v) is 7.73. The minimum atomic E-state index is 0. The van der Waals surface area contributed by atoms with Gasteiger partial charge in [0.2, 0.25) is 0 Å². The molecule has 1 aliphatic carbocycles. The second kappa shape index (κ2) is 8.03. The van der Waals surface area contributed by atoms with E-state index in [1.54, 1.807) is 7.11 Å². The van der Waals surface area contributed by atoms with Gasteiger partial charge in [-0.1, -0.05) is 28.1 Å². The highest BCUT2D eigenvalue weighted by Crippen LogP contribution is 2.37. The predicted molar refractivity (Wildman–Crippen MR) is 113 cm³/mol. The number of aryl methyl sites for hydroxylation is 1. The number of aromatic amines is 1. The van der Waals surface area contributed by atoms with E-state index < -0.39 is 0 Å². The van der Waals surface area contributed by atoms with Gasteiger partial charge >= 0.3 is 0 Å². The maximum Gasteiger partial charge on any atom is 0.118 e. The standard InChI is InChI=1S/C21H23BrN2O.ClH/c1-13(14-6-9-16(25-2)10-7-14)23-20-5-3-4-17-18-12-15(22)8-11-19(18)24-21(17)20;/h6-13,20,23-24H,3-5H2,1-2H3;1H/t13?,20-;/m1./s1. The number of halogens is 2. The molecule has 4 rings (SSSR count). The first-order chi connectivity index (χ1) is 12.2. The summed E-state index contributed by atoms with van der Waals surface area (Å²) in [5.74, 6) is 0.900. The van der Waals surface area contributed by atoms with Gasteiger partial charge in [-0.3, -0.25) is 0 Å². The zero-order chi connectivity index (χ0) is 17.4. The van der Waals surface area contributed by atoms with E-state index in [-0.39, 0.29) is 12.4 Å². The van der Waals surface area contributed by atoms with Gasteiger partial charge < -0.3 is 15.0 Å². The number of rotatable bonds is 4. The van der Waals surface area contributed by atoms with Crippen molar-refractivity contribution in [1.82, 2.24) is 10.3 Å². The third-order valence-corrected chi connectivity index (χ3v) is 5.73. The van der Waals surface area contributed by atoms with Crippen molar-refractivity contribution in [3.63, 3.8) is 0 Å². The Morgan fingerprint density at radius 1 is 1.19 bits per heavy atom. The van der Waals surface area contributed by atoms with Crippen LogP contribution in [0.2, 0.25) is 0 Å². The van der Waals surface area contributed by atoms with Crippen LogP contribution in [0.1, 0.15) is 48.7 Å². The van der Waals surface area contributed by atoms with Crippen molar-refractivity contribution in [1.29, 1.82) is 0 Å². The van der Waals surface area contributed by atoms with E-state index in [1.165, 1.54) is 40.6 Å². The summed E-state index contributed by atoms with van der Waals surface area (Å²) in [4.78, 5) is 3.67.